The number of rotatable bonds is 9. The van der Waals surface area contributed by atoms with E-state index in [9.17, 15) is 23.2 Å². The number of alkyl halides is 2. The van der Waals surface area contributed by atoms with Crippen LogP contribution in [0.3, 0.4) is 0 Å². The fourth-order valence-electron chi connectivity index (χ4n) is 2.86. The molecule has 0 atom stereocenters. The number of nitrogens with one attached hydrogen (secondary N) is 1. The van der Waals surface area contributed by atoms with Gasteiger partial charge >= 0.3 is 6.61 Å². The van der Waals surface area contributed by atoms with Gasteiger partial charge in [-0.3, -0.25) is 24.0 Å². The summed E-state index contributed by atoms with van der Waals surface area (Å²) in [6.07, 6.45) is 7.72. The summed E-state index contributed by atoms with van der Waals surface area (Å²) in [7, 11) is 3.06. The van der Waals surface area contributed by atoms with Crippen LogP contribution >= 0.6 is 11.8 Å². The summed E-state index contributed by atoms with van der Waals surface area (Å²) >= 11 is 0.744. The first-order valence-electron chi connectivity index (χ1n) is 9.59. The molecule has 1 fully saturated rings. The first kappa shape index (κ1) is 24.0. The van der Waals surface area contributed by atoms with E-state index in [0.29, 0.717) is 5.56 Å². The van der Waals surface area contributed by atoms with Crippen LogP contribution in [0, 0.1) is 0 Å². The lowest BCUT2D eigenvalue weighted by molar-refractivity contribution is -0.123. The molecule has 9 nitrogen and oxygen atoms in total. The van der Waals surface area contributed by atoms with Crippen molar-refractivity contribution in [2.45, 2.75) is 6.61 Å². The number of amides is 3. The molecule has 0 aliphatic carbocycles. The van der Waals surface area contributed by atoms with Gasteiger partial charge in [0.05, 0.1) is 18.2 Å². The highest BCUT2D eigenvalue weighted by Crippen LogP contribution is 2.34. The second-order valence-electron chi connectivity index (χ2n) is 6.69. The Hall–Kier alpha value is -3.67. The van der Waals surface area contributed by atoms with Crippen molar-refractivity contribution < 1.29 is 32.6 Å². The largest absolute Gasteiger partial charge is 0.493 e. The minimum atomic E-state index is -3.01. The van der Waals surface area contributed by atoms with Crippen molar-refractivity contribution in [3.63, 3.8) is 0 Å². The molecule has 0 saturated carbocycles. The van der Waals surface area contributed by atoms with E-state index in [1.807, 2.05) is 0 Å². The number of carbonyl (C=O) groups excluding carboxylic acids is 3. The van der Waals surface area contributed by atoms with E-state index in [1.54, 1.807) is 30.2 Å². The monoisotopic (exact) mass is 478 g/mol. The Kier molecular flexibility index (Phi) is 7.83. The third-order valence-corrected chi connectivity index (χ3v) is 5.27. The molecule has 0 radical (unpaired) electrons. The molecule has 0 bridgehead atoms. The van der Waals surface area contributed by atoms with Gasteiger partial charge in [0.2, 0.25) is 5.91 Å². The maximum absolute atomic E-state index is 12.6. The molecule has 0 spiro atoms. The Morgan fingerprint density at radius 1 is 1.27 bits per heavy atom. The van der Waals surface area contributed by atoms with Crippen LogP contribution in [-0.2, 0) is 16.6 Å². The van der Waals surface area contributed by atoms with Gasteiger partial charge in [-0.15, -0.1) is 0 Å². The van der Waals surface area contributed by atoms with Crippen LogP contribution in [0.1, 0.15) is 11.1 Å². The van der Waals surface area contributed by atoms with Crippen LogP contribution < -0.4 is 14.8 Å². The van der Waals surface area contributed by atoms with Crippen LogP contribution in [0.5, 0.6) is 11.5 Å². The number of thioether (sulfide) groups is 1. The number of benzene rings is 1. The van der Waals surface area contributed by atoms with Gasteiger partial charge in [0, 0.05) is 38.0 Å². The topological polar surface area (TPSA) is 103 Å². The molecule has 33 heavy (non-hydrogen) atoms. The summed E-state index contributed by atoms with van der Waals surface area (Å²) in [5.41, 5.74) is 1.22. The number of methoxy groups -OCH3 is 1. The van der Waals surface area contributed by atoms with Gasteiger partial charge in [0.25, 0.3) is 11.1 Å². The Balaban J connectivity index is 1.58. The fraction of sp³-hybridized carbons (Fsp3) is 0.238. The molecular formula is C21H20F2N4O5S. The molecule has 1 aromatic carbocycles. The highest BCUT2D eigenvalue weighted by molar-refractivity contribution is 8.18. The molecule has 1 aromatic heterocycles. The fourth-order valence-corrected chi connectivity index (χ4v) is 3.72. The number of hydrogen-bond donors (Lipinski definition) is 1. The van der Waals surface area contributed by atoms with Gasteiger partial charge in [-0.05, 0) is 41.6 Å². The third-order valence-electron chi connectivity index (χ3n) is 4.36. The molecule has 174 valence electrons. The molecule has 1 aliphatic rings. The predicted octanol–water partition coefficient (Wildman–Crippen LogP) is 2.90. The molecule has 1 saturated heterocycles. The number of hydrogen-bond acceptors (Lipinski definition) is 7. The normalized spacial score (nSPS) is 15.2. The Labute approximate surface area is 192 Å². The van der Waals surface area contributed by atoms with E-state index in [0.717, 1.165) is 22.2 Å². The molecule has 1 N–H and O–H groups in total. The lowest BCUT2D eigenvalue weighted by Crippen LogP contribution is -2.36. The van der Waals surface area contributed by atoms with Crippen molar-refractivity contribution in [1.29, 1.82) is 0 Å². The minimum absolute atomic E-state index is 0.00103. The van der Waals surface area contributed by atoms with Crippen molar-refractivity contribution in [3.8, 4) is 11.5 Å². The number of aromatic nitrogens is 2. The number of nitrogens with zero attached hydrogens (tertiary/aromatic N) is 3. The maximum Gasteiger partial charge on any atom is 0.387 e. The van der Waals surface area contributed by atoms with Crippen molar-refractivity contribution in [1.82, 2.24) is 20.0 Å². The standard InChI is InChI=1S/C21H20F2N4O5S/c1-26-12-14(11-25-26)4-6-18(28)24-7-8-27-19(29)17(33-21(27)30)10-13-3-5-15(32-20(22)23)16(9-13)31-2/h3-6,9-12,20H,7-8H2,1-2H3,(H,24,28)/b6-4+,17-10-. The Morgan fingerprint density at radius 2 is 2.06 bits per heavy atom. The van der Waals surface area contributed by atoms with Gasteiger partial charge < -0.3 is 14.8 Å². The summed E-state index contributed by atoms with van der Waals surface area (Å²) in [5, 5.41) is 6.12. The van der Waals surface area contributed by atoms with Crippen LogP contribution in [0.4, 0.5) is 13.6 Å². The summed E-state index contributed by atoms with van der Waals surface area (Å²) < 4.78 is 35.9. The van der Waals surface area contributed by atoms with E-state index in [2.05, 4.69) is 15.2 Å². The van der Waals surface area contributed by atoms with Crippen molar-refractivity contribution in [3.05, 3.63) is 52.7 Å². The average Bonchev–Trinajstić information content (AvgIpc) is 3.30. The van der Waals surface area contributed by atoms with Crippen LogP contribution in [0.15, 0.2) is 41.6 Å². The minimum Gasteiger partial charge on any atom is -0.493 e. The molecule has 2 aromatic rings. The molecular weight excluding hydrogens is 458 g/mol. The quantitative estimate of drug-likeness (QED) is 0.553. The van der Waals surface area contributed by atoms with Crippen molar-refractivity contribution in [2.75, 3.05) is 20.2 Å². The second-order valence-corrected chi connectivity index (χ2v) is 7.69. The Bertz CT molecular complexity index is 1120. The maximum atomic E-state index is 12.6. The summed E-state index contributed by atoms with van der Waals surface area (Å²) in [4.78, 5) is 37.9. The number of imide groups is 1. The zero-order chi connectivity index (χ0) is 24.0. The lowest BCUT2D eigenvalue weighted by Gasteiger charge is -2.12. The van der Waals surface area contributed by atoms with Crippen molar-refractivity contribution >= 4 is 41.0 Å². The van der Waals surface area contributed by atoms with Crippen LogP contribution in [-0.4, -0.2) is 58.5 Å². The number of aryl methyl sites for hydroxylation is 1. The lowest BCUT2D eigenvalue weighted by atomic mass is 10.2. The van der Waals surface area contributed by atoms with Crippen molar-refractivity contribution in [2.24, 2.45) is 7.05 Å². The predicted molar refractivity (Wildman–Crippen MR) is 118 cm³/mol. The molecule has 1 aliphatic heterocycles. The van der Waals surface area contributed by atoms with Gasteiger partial charge in [-0.2, -0.15) is 13.9 Å². The van der Waals surface area contributed by atoms with Gasteiger partial charge in [-0.1, -0.05) is 6.07 Å². The van der Waals surface area contributed by atoms with E-state index >= 15 is 0 Å². The van der Waals surface area contributed by atoms with E-state index in [1.165, 1.54) is 37.5 Å². The zero-order valence-corrected chi connectivity index (χ0v) is 18.5. The molecule has 3 rings (SSSR count). The SMILES string of the molecule is COc1cc(/C=C2\SC(=O)N(CCNC(=O)/C=C/c3cnn(C)c3)C2=O)ccc1OC(F)F. The summed E-state index contributed by atoms with van der Waals surface area (Å²) in [6.45, 7) is -2.93. The van der Waals surface area contributed by atoms with Crippen LogP contribution in [0.2, 0.25) is 0 Å². The van der Waals surface area contributed by atoms with E-state index in [-0.39, 0.29) is 35.4 Å². The third kappa shape index (κ3) is 6.42. The van der Waals surface area contributed by atoms with Crippen LogP contribution in [0.25, 0.3) is 12.2 Å². The summed E-state index contributed by atoms with van der Waals surface area (Å²) in [6, 6.07) is 4.17. The first-order chi connectivity index (χ1) is 15.8. The smallest absolute Gasteiger partial charge is 0.387 e. The van der Waals surface area contributed by atoms with E-state index < -0.39 is 17.8 Å². The highest BCUT2D eigenvalue weighted by Gasteiger charge is 2.34. The second kappa shape index (κ2) is 10.8. The van der Waals surface area contributed by atoms with Gasteiger partial charge in [0.15, 0.2) is 11.5 Å². The average molecular weight is 478 g/mol. The number of ether oxygens (including phenoxy) is 2. The van der Waals surface area contributed by atoms with Gasteiger partial charge in [-0.25, -0.2) is 0 Å². The first-order valence-corrected chi connectivity index (χ1v) is 10.4. The molecule has 12 heteroatoms. The molecule has 2 heterocycles. The molecule has 3 amide bonds. The number of halogens is 2. The number of carbonyl (C=O) groups is 3. The van der Waals surface area contributed by atoms with Gasteiger partial charge in [0.1, 0.15) is 0 Å². The highest BCUT2D eigenvalue weighted by atomic mass is 32.2. The molecule has 0 unspecified atom stereocenters. The zero-order valence-electron chi connectivity index (χ0n) is 17.7. The Morgan fingerprint density at radius 3 is 2.73 bits per heavy atom. The summed E-state index contributed by atoms with van der Waals surface area (Å²) in [5.74, 6) is -0.979. The van der Waals surface area contributed by atoms with E-state index in [4.69, 9.17) is 4.74 Å².